The number of anilines is 1. The Bertz CT molecular complexity index is 1020. The van der Waals surface area contributed by atoms with E-state index in [2.05, 4.69) is 5.32 Å². The number of urea groups is 1. The molecule has 0 radical (unpaired) electrons. The molecule has 0 unspecified atom stereocenters. The number of amides is 2. The van der Waals surface area contributed by atoms with E-state index in [1.165, 1.54) is 6.07 Å². The standard InChI is InChI=1S/C22H18F2N2O2S/c23-16-9-10-20(19(24)14-16)25-22(27)26-11-12-29-21(26)15-5-4-8-18(13-15)28-17-6-2-1-3-7-17/h1-10,13-14,21H,11-12H2,(H,25,27)/t21-/m1/s1. The van der Waals surface area contributed by atoms with Crippen LogP contribution in [0.3, 0.4) is 0 Å². The van der Waals surface area contributed by atoms with E-state index in [0.29, 0.717) is 12.3 Å². The number of nitrogens with one attached hydrogen (secondary N) is 1. The molecule has 2 amide bonds. The van der Waals surface area contributed by atoms with E-state index < -0.39 is 17.7 Å². The van der Waals surface area contributed by atoms with Crippen LogP contribution in [0, 0.1) is 11.6 Å². The minimum Gasteiger partial charge on any atom is -0.457 e. The van der Waals surface area contributed by atoms with Crippen LogP contribution in [-0.4, -0.2) is 23.2 Å². The van der Waals surface area contributed by atoms with Gasteiger partial charge in [0.1, 0.15) is 28.5 Å². The summed E-state index contributed by atoms with van der Waals surface area (Å²) in [7, 11) is 0. The van der Waals surface area contributed by atoms with Crippen LogP contribution in [0.1, 0.15) is 10.9 Å². The van der Waals surface area contributed by atoms with Crippen LogP contribution >= 0.6 is 11.8 Å². The number of rotatable bonds is 4. The number of ether oxygens (including phenoxy) is 1. The Morgan fingerprint density at radius 1 is 1.00 bits per heavy atom. The summed E-state index contributed by atoms with van der Waals surface area (Å²) in [6.07, 6.45) is 0. The SMILES string of the molecule is O=C(Nc1ccc(F)cc1F)N1CCS[C@@H]1c1cccc(Oc2ccccc2)c1. The summed E-state index contributed by atoms with van der Waals surface area (Å²) in [5, 5.41) is 2.31. The van der Waals surface area contributed by atoms with Gasteiger partial charge in [0.05, 0.1) is 5.69 Å². The molecule has 7 heteroatoms. The van der Waals surface area contributed by atoms with Gasteiger partial charge in [0.25, 0.3) is 0 Å². The van der Waals surface area contributed by atoms with E-state index in [1.54, 1.807) is 16.7 Å². The minimum atomic E-state index is -0.806. The molecule has 4 nitrogen and oxygen atoms in total. The lowest BCUT2D eigenvalue weighted by Gasteiger charge is -2.25. The van der Waals surface area contributed by atoms with Gasteiger partial charge in [0, 0.05) is 18.4 Å². The molecule has 0 saturated carbocycles. The second-order valence-corrected chi connectivity index (χ2v) is 7.65. The molecule has 1 aliphatic heterocycles. The van der Waals surface area contributed by atoms with Gasteiger partial charge in [-0.25, -0.2) is 13.6 Å². The maximum Gasteiger partial charge on any atom is 0.323 e. The smallest absolute Gasteiger partial charge is 0.323 e. The van der Waals surface area contributed by atoms with Crippen LogP contribution in [0.25, 0.3) is 0 Å². The number of carbonyl (C=O) groups excluding carboxylic acids is 1. The zero-order valence-electron chi connectivity index (χ0n) is 15.3. The Labute approximate surface area is 171 Å². The van der Waals surface area contributed by atoms with Crippen molar-refractivity contribution in [2.24, 2.45) is 0 Å². The van der Waals surface area contributed by atoms with Crippen molar-refractivity contribution in [2.45, 2.75) is 5.37 Å². The maximum absolute atomic E-state index is 13.9. The fourth-order valence-electron chi connectivity index (χ4n) is 3.09. The zero-order valence-corrected chi connectivity index (χ0v) is 16.2. The van der Waals surface area contributed by atoms with E-state index in [9.17, 15) is 13.6 Å². The monoisotopic (exact) mass is 412 g/mol. The normalized spacial score (nSPS) is 15.9. The highest BCUT2D eigenvalue weighted by molar-refractivity contribution is 7.99. The molecular formula is C22H18F2N2O2S. The molecule has 4 rings (SSSR count). The number of nitrogens with zero attached hydrogens (tertiary/aromatic N) is 1. The summed E-state index contributed by atoms with van der Waals surface area (Å²) in [4.78, 5) is 14.4. The first-order valence-corrected chi connectivity index (χ1v) is 10.1. The molecule has 29 heavy (non-hydrogen) atoms. The largest absolute Gasteiger partial charge is 0.457 e. The zero-order chi connectivity index (χ0) is 20.2. The first-order chi connectivity index (χ1) is 14.1. The maximum atomic E-state index is 13.9. The number of halogens is 2. The van der Waals surface area contributed by atoms with Gasteiger partial charge in [-0.05, 0) is 42.0 Å². The molecule has 0 aliphatic carbocycles. The van der Waals surface area contributed by atoms with Gasteiger partial charge in [-0.15, -0.1) is 11.8 Å². The van der Waals surface area contributed by atoms with Crippen molar-refractivity contribution >= 4 is 23.5 Å². The fraction of sp³-hybridized carbons (Fsp3) is 0.136. The second-order valence-electron chi connectivity index (χ2n) is 6.46. The summed E-state index contributed by atoms with van der Waals surface area (Å²) in [5.74, 6) is 0.662. The lowest BCUT2D eigenvalue weighted by atomic mass is 10.2. The summed E-state index contributed by atoms with van der Waals surface area (Å²) in [6, 6.07) is 19.6. The average Bonchev–Trinajstić information content (AvgIpc) is 3.21. The van der Waals surface area contributed by atoms with Gasteiger partial charge in [-0.3, -0.25) is 0 Å². The van der Waals surface area contributed by atoms with Gasteiger partial charge in [0.15, 0.2) is 0 Å². The van der Waals surface area contributed by atoms with Crippen molar-refractivity contribution in [1.82, 2.24) is 4.90 Å². The lowest BCUT2D eigenvalue weighted by molar-refractivity contribution is 0.214. The molecule has 1 atom stereocenters. The summed E-state index contributed by atoms with van der Waals surface area (Å²) in [6.45, 7) is 0.522. The highest BCUT2D eigenvalue weighted by Gasteiger charge is 2.31. The predicted octanol–water partition coefficient (Wildman–Crippen LogP) is 6.04. The topological polar surface area (TPSA) is 41.6 Å². The van der Waals surface area contributed by atoms with Crippen molar-refractivity contribution in [3.05, 3.63) is 90.0 Å². The van der Waals surface area contributed by atoms with E-state index in [4.69, 9.17) is 4.74 Å². The number of hydrogen-bond acceptors (Lipinski definition) is 3. The van der Waals surface area contributed by atoms with Crippen LogP contribution in [0.5, 0.6) is 11.5 Å². The van der Waals surface area contributed by atoms with Gasteiger partial charge in [-0.1, -0.05) is 30.3 Å². The van der Waals surface area contributed by atoms with E-state index >= 15 is 0 Å². The number of benzene rings is 3. The van der Waals surface area contributed by atoms with Gasteiger partial charge < -0.3 is 15.0 Å². The van der Waals surface area contributed by atoms with Crippen molar-refractivity contribution < 1.29 is 18.3 Å². The van der Waals surface area contributed by atoms with E-state index in [1.807, 2.05) is 54.6 Å². The first-order valence-electron chi connectivity index (χ1n) is 9.07. The van der Waals surface area contributed by atoms with Crippen LogP contribution < -0.4 is 10.1 Å². The highest BCUT2D eigenvalue weighted by Crippen LogP contribution is 2.39. The van der Waals surface area contributed by atoms with Crippen molar-refractivity contribution in [2.75, 3.05) is 17.6 Å². The summed E-state index contributed by atoms with van der Waals surface area (Å²) in [5.41, 5.74) is 0.865. The van der Waals surface area contributed by atoms with Crippen LogP contribution in [0.4, 0.5) is 19.3 Å². The third-order valence-electron chi connectivity index (χ3n) is 4.45. The Balaban J connectivity index is 1.50. The van der Waals surface area contributed by atoms with Gasteiger partial charge in [0.2, 0.25) is 0 Å². The van der Waals surface area contributed by atoms with Crippen LogP contribution in [0.15, 0.2) is 72.8 Å². The third kappa shape index (κ3) is 4.51. The number of carbonyl (C=O) groups is 1. The molecule has 0 aromatic heterocycles. The number of thioether (sulfide) groups is 1. The molecule has 1 aliphatic rings. The Morgan fingerprint density at radius 3 is 2.59 bits per heavy atom. The molecule has 3 aromatic rings. The van der Waals surface area contributed by atoms with Crippen LogP contribution in [-0.2, 0) is 0 Å². The molecule has 3 aromatic carbocycles. The van der Waals surface area contributed by atoms with Crippen molar-refractivity contribution in [1.29, 1.82) is 0 Å². The Kier molecular flexibility index (Phi) is 5.67. The Hall–Kier alpha value is -3.06. The molecule has 1 saturated heterocycles. The molecule has 0 spiro atoms. The quantitative estimate of drug-likeness (QED) is 0.568. The molecule has 1 heterocycles. The summed E-state index contributed by atoms with van der Waals surface area (Å²) < 4.78 is 32.9. The van der Waals surface area contributed by atoms with Crippen molar-refractivity contribution in [3.8, 4) is 11.5 Å². The van der Waals surface area contributed by atoms with Gasteiger partial charge in [-0.2, -0.15) is 0 Å². The van der Waals surface area contributed by atoms with Gasteiger partial charge >= 0.3 is 6.03 Å². The number of para-hydroxylation sites is 1. The molecule has 1 fully saturated rings. The highest BCUT2D eigenvalue weighted by atomic mass is 32.2. The molecule has 0 bridgehead atoms. The third-order valence-corrected chi connectivity index (χ3v) is 5.71. The summed E-state index contributed by atoms with van der Waals surface area (Å²) >= 11 is 1.62. The van der Waals surface area contributed by atoms with E-state index in [-0.39, 0.29) is 11.1 Å². The fourth-order valence-corrected chi connectivity index (χ4v) is 4.33. The van der Waals surface area contributed by atoms with Crippen molar-refractivity contribution in [3.63, 3.8) is 0 Å². The lowest BCUT2D eigenvalue weighted by Crippen LogP contribution is -2.34. The minimum absolute atomic E-state index is 0.0480. The second kappa shape index (κ2) is 8.53. The number of hydrogen-bond donors (Lipinski definition) is 1. The molecular weight excluding hydrogens is 394 g/mol. The molecule has 1 N–H and O–H groups in total. The Morgan fingerprint density at radius 2 is 1.79 bits per heavy atom. The van der Waals surface area contributed by atoms with Crippen LogP contribution in [0.2, 0.25) is 0 Å². The molecule has 148 valence electrons. The average molecular weight is 412 g/mol. The predicted molar refractivity (Wildman–Crippen MR) is 110 cm³/mol. The van der Waals surface area contributed by atoms with E-state index in [0.717, 1.165) is 29.2 Å². The first kappa shape index (κ1) is 19.3.